The van der Waals surface area contributed by atoms with Gasteiger partial charge in [0, 0.05) is 29.7 Å². The van der Waals surface area contributed by atoms with Crippen LogP contribution in [0.4, 0.5) is 10.5 Å². The van der Waals surface area contributed by atoms with E-state index in [9.17, 15) is 24.5 Å². The van der Waals surface area contributed by atoms with Crippen molar-refractivity contribution >= 4 is 23.6 Å². The topological polar surface area (TPSA) is 156 Å². The highest BCUT2D eigenvalue weighted by atomic mass is 16.6. The molecule has 1 N–H and O–H groups in total. The maximum atomic E-state index is 12.1. The smallest absolute Gasteiger partial charge is 0.407 e. The van der Waals surface area contributed by atoms with Crippen molar-refractivity contribution < 1.29 is 43.0 Å². The van der Waals surface area contributed by atoms with Crippen LogP contribution in [0.2, 0.25) is 0 Å². The Hall–Kier alpha value is -4.85. The Kier molecular flexibility index (Phi) is 13.0. The van der Waals surface area contributed by atoms with Crippen molar-refractivity contribution in [2.24, 2.45) is 0 Å². The Balaban J connectivity index is 1.12. The van der Waals surface area contributed by atoms with Crippen LogP contribution in [0.1, 0.15) is 18.4 Å². The lowest BCUT2D eigenvalue weighted by Gasteiger charge is -2.16. The van der Waals surface area contributed by atoms with Gasteiger partial charge in [-0.2, -0.15) is 0 Å². The van der Waals surface area contributed by atoms with E-state index in [1.807, 2.05) is 48.6 Å². The summed E-state index contributed by atoms with van der Waals surface area (Å²) in [6, 6.07) is 12.0. The summed E-state index contributed by atoms with van der Waals surface area (Å²) in [5.41, 5.74) is 2.06. The van der Waals surface area contributed by atoms with E-state index in [1.54, 1.807) is 19.1 Å². The minimum atomic E-state index is -0.592. The minimum Gasteiger partial charge on any atom is -0.491 e. The van der Waals surface area contributed by atoms with Crippen molar-refractivity contribution in [3.8, 4) is 16.9 Å². The summed E-state index contributed by atoms with van der Waals surface area (Å²) in [4.78, 5) is 47.4. The third kappa shape index (κ3) is 10.4. The first-order valence-electron chi connectivity index (χ1n) is 14.9. The molecule has 1 unspecified atom stereocenters. The van der Waals surface area contributed by atoms with Gasteiger partial charge in [-0.25, -0.2) is 4.79 Å². The summed E-state index contributed by atoms with van der Waals surface area (Å²) in [5, 5.41) is 14.4. The number of amides is 3. The van der Waals surface area contributed by atoms with Gasteiger partial charge in [-0.1, -0.05) is 43.4 Å². The average molecular weight is 636 g/mol. The third-order valence-electron chi connectivity index (χ3n) is 7.04. The van der Waals surface area contributed by atoms with E-state index in [-0.39, 0.29) is 43.3 Å². The van der Waals surface area contributed by atoms with Gasteiger partial charge in [-0.15, -0.1) is 0 Å². The molecule has 1 aliphatic heterocycles. The van der Waals surface area contributed by atoms with Gasteiger partial charge < -0.3 is 29.0 Å². The summed E-state index contributed by atoms with van der Waals surface area (Å²) in [6.07, 6.45) is 9.17. The summed E-state index contributed by atoms with van der Waals surface area (Å²) < 4.78 is 27.4. The van der Waals surface area contributed by atoms with Crippen LogP contribution in [0.15, 0.2) is 78.9 Å². The molecule has 1 heterocycles. The van der Waals surface area contributed by atoms with Gasteiger partial charge in [0.2, 0.25) is 0 Å². The molecule has 0 spiro atoms. The second-order valence-electron chi connectivity index (χ2n) is 10.3. The number of hydrogen-bond acceptors (Lipinski definition) is 10. The number of nitro groups is 1. The number of carbonyl (C=O) groups excluding carboxylic acids is 3. The number of benzene rings is 2. The molecule has 4 rings (SSSR count). The Morgan fingerprint density at radius 1 is 0.870 bits per heavy atom. The number of nitro benzene ring substituents is 1. The molecule has 46 heavy (non-hydrogen) atoms. The Labute approximate surface area is 266 Å². The zero-order chi connectivity index (χ0) is 32.7. The van der Waals surface area contributed by atoms with Crippen LogP contribution < -0.4 is 10.1 Å². The highest BCUT2D eigenvalue weighted by Gasteiger charge is 2.23. The van der Waals surface area contributed by atoms with Crippen LogP contribution in [-0.2, 0) is 28.5 Å². The Morgan fingerprint density at radius 3 is 2.09 bits per heavy atom. The lowest BCUT2D eigenvalue weighted by Crippen LogP contribution is -2.33. The number of alkyl carbamates (subject to hydrolysis) is 1. The number of carbonyl (C=O) groups is 3. The molecular formula is C33H37N3O10. The molecular weight excluding hydrogens is 598 g/mol. The Bertz CT molecular complexity index is 1420. The highest BCUT2D eigenvalue weighted by Crippen LogP contribution is 2.32. The third-order valence-corrected chi connectivity index (χ3v) is 7.04. The maximum absolute atomic E-state index is 12.1. The quantitative estimate of drug-likeness (QED) is 0.104. The molecule has 0 saturated carbocycles. The summed E-state index contributed by atoms with van der Waals surface area (Å²) in [5.74, 6) is -0.416. The molecule has 2 aliphatic rings. The van der Waals surface area contributed by atoms with Gasteiger partial charge in [0.1, 0.15) is 19.0 Å². The van der Waals surface area contributed by atoms with Crippen molar-refractivity contribution in [1.82, 2.24) is 10.2 Å². The zero-order valence-electron chi connectivity index (χ0n) is 25.5. The van der Waals surface area contributed by atoms with Crippen molar-refractivity contribution in [3.63, 3.8) is 0 Å². The monoisotopic (exact) mass is 635 g/mol. The maximum Gasteiger partial charge on any atom is 0.407 e. The fourth-order valence-electron chi connectivity index (χ4n) is 4.60. The molecule has 0 saturated heterocycles. The van der Waals surface area contributed by atoms with Gasteiger partial charge in [-0.05, 0) is 35.4 Å². The van der Waals surface area contributed by atoms with Crippen molar-refractivity contribution in [2.45, 2.75) is 18.9 Å². The minimum absolute atomic E-state index is 0.0169. The number of imide groups is 1. The largest absolute Gasteiger partial charge is 0.491 e. The highest BCUT2D eigenvalue weighted by molar-refractivity contribution is 6.12. The van der Waals surface area contributed by atoms with Gasteiger partial charge in [-0.3, -0.25) is 24.6 Å². The number of allylic oxidation sites excluding steroid dienone is 2. The van der Waals surface area contributed by atoms with Crippen LogP contribution in [0.5, 0.6) is 5.75 Å². The van der Waals surface area contributed by atoms with E-state index < -0.39 is 16.9 Å². The second kappa shape index (κ2) is 17.6. The molecule has 1 atom stereocenters. The van der Waals surface area contributed by atoms with E-state index in [0.717, 1.165) is 16.0 Å². The Morgan fingerprint density at radius 2 is 1.46 bits per heavy atom. The number of nitrogens with zero attached hydrogens (tertiary/aromatic N) is 2. The van der Waals surface area contributed by atoms with Crippen LogP contribution in [0, 0.1) is 10.1 Å². The van der Waals surface area contributed by atoms with Crippen LogP contribution in [0.3, 0.4) is 0 Å². The van der Waals surface area contributed by atoms with Crippen LogP contribution in [0.25, 0.3) is 11.1 Å². The van der Waals surface area contributed by atoms with Gasteiger partial charge in [0.05, 0.1) is 57.2 Å². The molecule has 1 aliphatic carbocycles. The molecule has 13 heteroatoms. The van der Waals surface area contributed by atoms with E-state index in [4.69, 9.17) is 23.7 Å². The van der Waals surface area contributed by atoms with Gasteiger partial charge in [0.15, 0.2) is 0 Å². The fraction of sp³-hybridized carbons (Fsp3) is 0.364. The first-order valence-corrected chi connectivity index (χ1v) is 14.9. The molecule has 0 bridgehead atoms. The van der Waals surface area contributed by atoms with Gasteiger partial charge in [0.25, 0.3) is 17.5 Å². The zero-order valence-corrected chi connectivity index (χ0v) is 25.5. The molecule has 0 aromatic heterocycles. The standard InChI is InChI=1S/C33H37N3O10/c1-24(23-46-33(39)34-27-4-2-3-5-27)29-22-26(8-11-30(29)36(40)41)25-6-9-28(10-7-25)45-21-20-44-19-18-43-17-16-42-15-14-35-31(37)12-13-32(35)38/h2-13,22,24,27H,14-21,23H2,1H3,(H,34,39). The first-order chi connectivity index (χ1) is 22.3. The van der Waals surface area contributed by atoms with E-state index >= 15 is 0 Å². The lowest BCUT2D eigenvalue weighted by atomic mass is 9.95. The number of rotatable bonds is 19. The van der Waals surface area contributed by atoms with Crippen molar-refractivity contribution in [2.75, 3.05) is 59.4 Å². The number of ether oxygens (including phenoxy) is 5. The average Bonchev–Trinajstić information content (AvgIpc) is 3.69. The molecule has 0 fully saturated rings. The molecule has 244 valence electrons. The van der Waals surface area contributed by atoms with Crippen molar-refractivity contribution in [1.29, 1.82) is 0 Å². The predicted octanol–water partition coefficient (Wildman–Crippen LogP) is 3.94. The number of hydrogen-bond donors (Lipinski definition) is 1. The van der Waals surface area contributed by atoms with E-state index in [0.29, 0.717) is 51.0 Å². The van der Waals surface area contributed by atoms with E-state index in [1.165, 1.54) is 18.2 Å². The normalized spacial score (nSPS) is 14.7. The van der Waals surface area contributed by atoms with Crippen molar-refractivity contribution in [3.05, 3.63) is 94.6 Å². The molecule has 2 aromatic carbocycles. The first kappa shape index (κ1) is 34.0. The van der Waals surface area contributed by atoms with E-state index in [2.05, 4.69) is 5.32 Å². The molecule has 2 aromatic rings. The summed E-state index contributed by atoms with van der Waals surface area (Å²) >= 11 is 0. The molecule has 3 amide bonds. The SMILES string of the molecule is CC(COC(=O)NC1C=CC=C1)c1cc(-c2ccc(OCCOCCOCCOCCN3C(=O)C=CC3=O)cc2)ccc1[N+](=O)[O-]. The van der Waals surface area contributed by atoms with Gasteiger partial charge >= 0.3 is 6.09 Å². The lowest BCUT2D eigenvalue weighted by molar-refractivity contribution is -0.385. The van der Waals surface area contributed by atoms with Crippen LogP contribution in [-0.4, -0.2) is 93.2 Å². The predicted molar refractivity (Wildman–Crippen MR) is 167 cm³/mol. The fourth-order valence-corrected chi connectivity index (χ4v) is 4.60. The van der Waals surface area contributed by atoms with Crippen LogP contribution >= 0.6 is 0 Å². The summed E-state index contributed by atoms with van der Waals surface area (Å²) in [7, 11) is 0. The molecule has 0 radical (unpaired) electrons. The second-order valence-corrected chi connectivity index (χ2v) is 10.3. The number of nitrogens with one attached hydrogen (secondary N) is 1. The summed E-state index contributed by atoms with van der Waals surface area (Å²) in [6.45, 7) is 4.40. The molecule has 13 nitrogen and oxygen atoms in total.